The van der Waals surface area contributed by atoms with E-state index in [1.807, 2.05) is 77.3 Å². The quantitative estimate of drug-likeness (QED) is 0.240. The van der Waals surface area contributed by atoms with Gasteiger partial charge in [-0.3, -0.25) is 9.59 Å². The number of anilines is 1. The first-order valence-electron chi connectivity index (χ1n) is 15.3. The average Bonchev–Trinajstić information content (AvgIpc) is 2.89. The monoisotopic (exact) mass is 611 g/mol. The minimum absolute atomic E-state index is 0.276. The Bertz CT molecular complexity index is 1230. The first kappa shape index (κ1) is 36.2. The number of carbonyl (C=O) groups excluding carboxylic acids is 3. The standard InChI is InChI=1S/C35H53N3O4S/c1-22(2)15-17-27(7)38(33(40)29(19-20-43-11)36-34(41)42-35(8,9)10)31(28-18-16-23(3)21-26(28)6)32(39)37-30-24(4)13-12-14-25(30)5/h12-14,16,18,21-22,27,29,31H,15,17,19-20H2,1-11H3,(H,36,41)(H,37,39). The fourth-order valence-electron chi connectivity index (χ4n) is 5.19. The smallest absolute Gasteiger partial charge is 0.408 e. The first-order chi connectivity index (χ1) is 20.0. The highest BCUT2D eigenvalue weighted by Crippen LogP contribution is 2.32. The number of rotatable bonds is 13. The molecule has 2 aromatic rings. The summed E-state index contributed by atoms with van der Waals surface area (Å²) in [7, 11) is 0. The number of thioether (sulfide) groups is 1. The van der Waals surface area contributed by atoms with Gasteiger partial charge in [0, 0.05) is 11.7 Å². The van der Waals surface area contributed by atoms with Gasteiger partial charge in [0.05, 0.1) is 0 Å². The number of nitrogens with one attached hydrogen (secondary N) is 2. The number of amides is 3. The van der Waals surface area contributed by atoms with Gasteiger partial charge < -0.3 is 20.3 Å². The number of carbonyl (C=O) groups is 3. The third-order valence-corrected chi connectivity index (χ3v) is 8.11. The molecule has 238 valence electrons. The third kappa shape index (κ3) is 10.9. The topological polar surface area (TPSA) is 87.7 Å². The molecule has 0 aliphatic heterocycles. The summed E-state index contributed by atoms with van der Waals surface area (Å²) in [6, 6.07) is 9.82. The Balaban J connectivity index is 2.71. The van der Waals surface area contributed by atoms with Crippen LogP contribution in [0, 0.1) is 33.6 Å². The fourth-order valence-corrected chi connectivity index (χ4v) is 5.66. The lowest BCUT2D eigenvalue weighted by Gasteiger charge is -2.39. The summed E-state index contributed by atoms with van der Waals surface area (Å²) < 4.78 is 5.54. The molecule has 0 heterocycles. The van der Waals surface area contributed by atoms with Crippen molar-refractivity contribution in [2.75, 3.05) is 17.3 Å². The molecule has 0 saturated heterocycles. The van der Waals surface area contributed by atoms with Gasteiger partial charge in [0.2, 0.25) is 5.91 Å². The van der Waals surface area contributed by atoms with E-state index in [0.29, 0.717) is 24.5 Å². The zero-order valence-electron chi connectivity index (χ0n) is 28.1. The number of hydrogen-bond acceptors (Lipinski definition) is 5. The van der Waals surface area contributed by atoms with Crippen LogP contribution in [0.5, 0.6) is 0 Å². The van der Waals surface area contributed by atoms with Crippen molar-refractivity contribution >= 4 is 35.4 Å². The lowest BCUT2D eigenvalue weighted by molar-refractivity contribution is -0.143. The second-order valence-electron chi connectivity index (χ2n) is 13.1. The van der Waals surface area contributed by atoms with Gasteiger partial charge >= 0.3 is 6.09 Å². The van der Waals surface area contributed by atoms with E-state index in [1.54, 1.807) is 37.4 Å². The highest BCUT2D eigenvalue weighted by atomic mass is 32.2. The van der Waals surface area contributed by atoms with Gasteiger partial charge in [0.1, 0.15) is 17.7 Å². The number of ether oxygens (including phenoxy) is 1. The molecular formula is C35H53N3O4S. The summed E-state index contributed by atoms with van der Waals surface area (Å²) in [5, 5.41) is 6.03. The van der Waals surface area contributed by atoms with Crippen molar-refractivity contribution in [3.05, 3.63) is 64.2 Å². The van der Waals surface area contributed by atoms with E-state index in [4.69, 9.17) is 4.74 Å². The van der Waals surface area contributed by atoms with E-state index in [-0.39, 0.29) is 17.9 Å². The van der Waals surface area contributed by atoms with Crippen LogP contribution in [0.1, 0.15) is 94.7 Å². The molecule has 3 atom stereocenters. The van der Waals surface area contributed by atoms with E-state index < -0.39 is 23.8 Å². The summed E-state index contributed by atoms with van der Waals surface area (Å²) >= 11 is 1.60. The van der Waals surface area contributed by atoms with Crippen LogP contribution in [-0.4, -0.2) is 52.5 Å². The van der Waals surface area contributed by atoms with Crippen LogP contribution in [0.25, 0.3) is 0 Å². The normalized spacial score (nSPS) is 13.7. The molecule has 8 heteroatoms. The van der Waals surface area contributed by atoms with Gasteiger partial charge in [0.15, 0.2) is 0 Å². The van der Waals surface area contributed by atoms with E-state index in [2.05, 4.69) is 24.5 Å². The molecule has 0 bridgehead atoms. The molecular weight excluding hydrogens is 558 g/mol. The Morgan fingerprint density at radius 1 is 0.907 bits per heavy atom. The Morgan fingerprint density at radius 2 is 1.53 bits per heavy atom. The zero-order valence-corrected chi connectivity index (χ0v) is 28.9. The van der Waals surface area contributed by atoms with Crippen molar-refractivity contribution in [2.45, 2.75) is 112 Å². The molecule has 2 rings (SSSR count). The highest BCUT2D eigenvalue weighted by molar-refractivity contribution is 7.98. The second-order valence-corrected chi connectivity index (χ2v) is 14.1. The van der Waals surface area contributed by atoms with Crippen LogP contribution in [0.15, 0.2) is 36.4 Å². The molecule has 0 aliphatic rings. The number of benzene rings is 2. The Kier molecular flexibility index (Phi) is 13.6. The number of alkyl carbamates (subject to hydrolysis) is 1. The zero-order chi connectivity index (χ0) is 32.5. The molecule has 0 radical (unpaired) electrons. The molecule has 0 aliphatic carbocycles. The predicted molar refractivity (Wildman–Crippen MR) is 180 cm³/mol. The molecule has 0 aromatic heterocycles. The summed E-state index contributed by atoms with van der Waals surface area (Å²) in [6.45, 7) is 19.6. The van der Waals surface area contributed by atoms with Crippen LogP contribution in [0.2, 0.25) is 0 Å². The van der Waals surface area contributed by atoms with Gasteiger partial charge in [-0.15, -0.1) is 0 Å². The molecule has 2 aromatic carbocycles. The summed E-state index contributed by atoms with van der Waals surface area (Å²) in [5.41, 5.74) is 4.69. The highest BCUT2D eigenvalue weighted by Gasteiger charge is 2.39. The Labute approximate surface area is 263 Å². The lowest BCUT2D eigenvalue weighted by atomic mass is 9.93. The van der Waals surface area contributed by atoms with E-state index in [9.17, 15) is 14.4 Å². The second kappa shape index (κ2) is 16.2. The van der Waals surface area contributed by atoms with Crippen molar-refractivity contribution < 1.29 is 19.1 Å². The number of aryl methyl sites for hydroxylation is 4. The molecule has 0 fully saturated rings. The number of para-hydroxylation sites is 1. The van der Waals surface area contributed by atoms with Crippen LogP contribution in [0.3, 0.4) is 0 Å². The lowest BCUT2D eigenvalue weighted by Crippen LogP contribution is -2.55. The van der Waals surface area contributed by atoms with Crippen molar-refractivity contribution in [3.8, 4) is 0 Å². The fraction of sp³-hybridized carbons (Fsp3) is 0.571. The van der Waals surface area contributed by atoms with Gasteiger partial charge in [-0.2, -0.15) is 11.8 Å². The summed E-state index contributed by atoms with van der Waals surface area (Å²) in [5.74, 6) is 0.505. The predicted octanol–water partition coefficient (Wildman–Crippen LogP) is 7.90. The van der Waals surface area contributed by atoms with E-state index in [1.165, 1.54) is 0 Å². The van der Waals surface area contributed by atoms with Crippen molar-refractivity contribution in [3.63, 3.8) is 0 Å². The maximum absolute atomic E-state index is 14.7. The largest absolute Gasteiger partial charge is 0.444 e. The van der Waals surface area contributed by atoms with Gasteiger partial charge in [0.25, 0.3) is 5.91 Å². The Morgan fingerprint density at radius 3 is 2.07 bits per heavy atom. The molecule has 3 unspecified atom stereocenters. The maximum atomic E-state index is 14.7. The van der Waals surface area contributed by atoms with Crippen LogP contribution >= 0.6 is 11.8 Å². The van der Waals surface area contributed by atoms with E-state index in [0.717, 1.165) is 39.9 Å². The first-order valence-corrected chi connectivity index (χ1v) is 16.7. The van der Waals surface area contributed by atoms with Crippen molar-refractivity contribution in [2.24, 2.45) is 5.92 Å². The molecule has 3 amide bonds. The Hall–Kier alpha value is -3.00. The van der Waals surface area contributed by atoms with Gasteiger partial charge in [-0.05, 0) is 115 Å². The van der Waals surface area contributed by atoms with Crippen LogP contribution in [-0.2, 0) is 14.3 Å². The molecule has 0 spiro atoms. The SMILES string of the molecule is CSCCC(NC(=O)OC(C)(C)C)C(=O)N(C(C)CCC(C)C)C(C(=O)Nc1c(C)cccc1C)c1ccc(C)cc1C. The summed E-state index contributed by atoms with van der Waals surface area (Å²) in [6.07, 6.45) is 3.32. The maximum Gasteiger partial charge on any atom is 0.408 e. The van der Waals surface area contributed by atoms with Crippen LogP contribution < -0.4 is 10.6 Å². The van der Waals surface area contributed by atoms with Gasteiger partial charge in [-0.25, -0.2) is 4.79 Å². The van der Waals surface area contributed by atoms with Crippen molar-refractivity contribution in [1.82, 2.24) is 10.2 Å². The molecule has 0 saturated carbocycles. The minimum Gasteiger partial charge on any atom is -0.444 e. The molecule has 7 nitrogen and oxygen atoms in total. The minimum atomic E-state index is -0.911. The third-order valence-electron chi connectivity index (χ3n) is 7.47. The number of hydrogen-bond donors (Lipinski definition) is 2. The summed E-state index contributed by atoms with van der Waals surface area (Å²) in [4.78, 5) is 43.8. The van der Waals surface area contributed by atoms with E-state index >= 15 is 0 Å². The van der Waals surface area contributed by atoms with Gasteiger partial charge in [-0.1, -0.05) is 55.8 Å². The molecule has 2 N–H and O–H groups in total. The van der Waals surface area contributed by atoms with Crippen molar-refractivity contribution in [1.29, 1.82) is 0 Å². The average molecular weight is 612 g/mol. The number of nitrogens with zero attached hydrogens (tertiary/aromatic N) is 1. The molecule has 43 heavy (non-hydrogen) atoms. The van der Waals surface area contributed by atoms with Crippen LogP contribution in [0.4, 0.5) is 10.5 Å².